The molecule has 1 aliphatic heterocycles. The molecule has 0 saturated carbocycles. The quantitative estimate of drug-likeness (QED) is 0.625. The topological polar surface area (TPSA) is 80.6 Å². The van der Waals surface area contributed by atoms with Crippen LogP contribution in [0.2, 0.25) is 0 Å². The monoisotopic (exact) mass is 455 g/mol. The molecule has 0 bridgehead atoms. The lowest BCUT2D eigenvalue weighted by molar-refractivity contribution is -0.127. The first-order valence-corrected chi connectivity index (χ1v) is 11.3. The van der Waals surface area contributed by atoms with E-state index in [1.807, 2.05) is 26.8 Å². The van der Waals surface area contributed by atoms with E-state index in [0.29, 0.717) is 22.9 Å². The fourth-order valence-electron chi connectivity index (χ4n) is 3.89. The minimum Gasteiger partial charge on any atom is -0.494 e. The number of anilines is 1. The van der Waals surface area contributed by atoms with Gasteiger partial charge in [-0.2, -0.15) is 0 Å². The summed E-state index contributed by atoms with van der Waals surface area (Å²) in [5, 5.41) is 2.26. The fourth-order valence-corrected chi connectivity index (χ4v) is 4.72. The Bertz CT molecular complexity index is 1080. The SMILES string of the molecule is CCOc1ccc(NC(=O)CN2C(=O)S/C(=C/c3cc(C)n(C(C)(C)C)c3C)C2=O)cc1. The molecule has 3 amide bonds. The number of nitrogens with one attached hydrogen (secondary N) is 1. The van der Waals surface area contributed by atoms with Gasteiger partial charge >= 0.3 is 0 Å². The predicted molar refractivity (Wildman–Crippen MR) is 128 cm³/mol. The smallest absolute Gasteiger partial charge is 0.294 e. The Balaban J connectivity index is 1.71. The maximum atomic E-state index is 12.8. The third kappa shape index (κ3) is 5.07. The Hall–Kier alpha value is -3.00. The maximum absolute atomic E-state index is 12.8. The van der Waals surface area contributed by atoms with Crippen molar-refractivity contribution in [3.63, 3.8) is 0 Å². The van der Waals surface area contributed by atoms with Gasteiger partial charge in [0.2, 0.25) is 5.91 Å². The van der Waals surface area contributed by atoms with Crippen LogP contribution in [-0.4, -0.2) is 39.7 Å². The Kier molecular flexibility index (Phi) is 6.83. The number of ether oxygens (including phenoxy) is 1. The summed E-state index contributed by atoms with van der Waals surface area (Å²) in [6.45, 7) is 12.5. The molecule has 8 heteroatoms. The van der Waals surface area contributed by atoms with Gasteiger partial charge in [0.1, 0.15) is 12.3 Å². The summed E-state index contributed by atoms with van der Waals surface area (Å²) in [6, 6.07) is 8.92. The lowest BCUT2D eigenvalue weighted by Crippen LogP contribution is -2.36. The van der Waals surface area contributed by atoms with Crippen LogP contribution >= 0.6 is 11.8 Å². The average Bonchev–Trinajstić information content (AvgIpc) is 3.13. The summed E-state index contributed by atoms with van der Waals surface area (Å²) in [7, 11) is 0. The van der Waals surface area contributed by atoms with Crippen LogP contribution in [0.3, 0.4) is 0 Å². The number of aryl methyl sites for hydroxylation is 1. The number of aromatic nitrogens is 1. The van der Waals surface area contributed by atoms with Gasteiger partial charge in [0.25, 0.3) is 11.1 Å². The van der Waals surface area contributed by atoms with Crippen LogP contribution < -0.4 is 10.1 Å². The molecule has 1 aromatic heterocycles. The maximum Gasteiger partial charge on any atom is 0.294 e. The second-order valence-corrected chi connectivity index (χ2v) is 9.60. The van der Waals surface area contributed by atoms with E-state index >= 15 is 0 Å². The minimum atomic E-state index is -0.456. The van der Waals surface area contributed by atoms with Gasteiger partial charge in [-0.15, -0.1) is 0 Å². The van der Waals surface area contributed by atoms with Crippen LogP contribution in [0.15, 0.2) is 35.2 Å². The van der Waals surface area contributed by atoms with E-state index in [0.717, 1.165) is 33.6 Å². The minimum absolute atomic E-state index is 0.0986. The van der Waals surface area contributed by atoms with Crippen molar-refractivity contribution in [2.45, 2.75) is 47.1 Å². The number of carbonyl (C=O) groups is 3. The molecule has 0 radical (unpaired) electrons. The highest BCUT2D eigenvalue weighted by atomic mass is 32.2. The molecule has 1 fully saturated rings. The number of benzene rings is 1. The van der Waals surface area contributed by atoms with Crippen molar-refractivity contribution in [3.05, 3.63) is 52.2 Å². The van der Waals surface area contributed by atoms with Crippen molar-refractivity contribution in [1.29, 1.82) is 0 Å². The van der Waals surface area contributed by atoms with Gasteiger partial charge in [0, 0.05) is 22.6 Å². The summed E-state index contributed by atoms with van der Waals surface area (Å²) in [5.41, 5.74) is 3.46. The highest BCUT2D eigenvalue weighted by Gasteiger charge is 2.36. The molecule has 2 aromatic rings. The lowest BCUT2D eigenvalue weighted by atomic mass is 10.1. The van der Waals surface area contributed by atoms with E-state index in [1.54, 1.807) is 30.3 Å². The first-order valence-electron chi connectivity index (χ1n) is 10.5. The highest BCUT2D eigenvalue weighted by Crippen LogP contribution is 2.34. The van der Waals surface area contributed by atoms with E-state index in [4.69, 9.17) is 4.74 Å². The largest absolute Gasteiger partial charge is 0.494 e. The van der Waals surface area contributed by atoms with Crippen molar-refractivity contribution in [3.8, 4) is 5.75 Å². The Morgan fingerprint density at radius 1 is 1.16 bits per heavy atom. The molecule has 0 aliphatic carbocycles. The van der Waals surface area contributed by atoms with E-state index in [2.05, 4.69) is 30.7 Å². The van der Waals surface area contributed by atoms with Crippen molar-refractivity contribution in [2.75, 3.05) is 18.5 Å². The second-order valence-electron chi connectivity index (χ2n) is 8.61. The van der Waals surface area contributed by atoms with Crippen LogP contribution in [0.5, 0.6) is 5.75 Å². The number of nitrogens with zero attached hydrogens (tertiary/aromatic N) is 2. The number of imide groups is 1. The van der Waals surface area contributed by atoms with Crippen LogP contribution in [0.1, 0.15) is 44.6 Å². The van der Waals surface area contributed by atoms with E-state index < -0.39 is 17.1 Å². The first-order chi connectivity index (χ1) is 15.0. The normalized spacial score (nSPS) is 15.6. The predicted octanol–water partition coefficient (Wildman–Crippen LogP) is 4.93. The van der Waals surface area contributed by atoms with Gasteiger partial charge in [-0.25, -0.2) is 0 Å². The van der Waals surface area contributed by atoms with Crippen LogP contribution in [0.25, 0.3) is 6.08 Å². The van der Waals surface area contributed by atoms with E-state index in [9.17, 15) is 14.4 Å². The molecule has 2 heterocycles. The molecule has 1 N–H and O–H groups in total. The van der Waals surface area contributed by atoms with E-state index in [-0.39, 0.29) is 12.1 Å². The van der Waals surface area contributed by atoms with Gasteiger partial charge in [0.05, 0.1) is 11.5 Å². The van der Waals surface area contributed by atoms with Gasteiger partial charge in [-0.05, 0) is 95.3 Å². The number of hydrogen-bond donors (Lipinski definition) is 1. The number of thioether (sulfide) groups is 1. The summed E-state index contributed by atoms with van der Waals surface area (Å²) in [4.78, 5) is 39.0. The molecule has 32 heavy (non-hydrogen) atoms. The van der Waals surface area contributed by atoms with Crippen molar-refractivity contribution >= 4 is 40.6 Å². The average molecular weight is 456 g/mol. The Morgan fingerprint density at radius 2 is 1.81 bits per heavy atom. The molecule has 1 saturated heterocycles. The van der Waals surface area contributed by atoms with Crippen LogP contribution in [0.4, 0.5) is 10.5 Å². The number of rotatable bonds is 6. The Labute approximate surface area is 192 Å². The molecule has 7 nitrogen and oxygen atoms in total. The highest BCUT2D eigenvalue weighted by molar-refractivity contribution is 8.18. The zero-order valence-electron chi connectivity index (χ0n) is 19.3. The Morgan fingerprint density at radius 3 is 2.38 bits per heavy atom. The fraction of sp³-hybridized carbons (Fsp3) is 0.375. The molecule has 1 aromatic carbocycles. The van der Waals surface area contributed by atoms with Gasteiger partial charge in [0.15, 0.2) is 0 Å². The van der Waals surface area contributed by atoms with Crippen molar-refractivity contribution in [1.82, 2.24) is 9.47 Å². The molecule has 0 spiro atoms. The van der Waals surface area contributed by atoms with Crippen molar-refractivity contribution < 1.29 is 19.1 Å². The molecule has 1 aliphatic rings. The van der Waals surface area contributed by atoms with Gasteiger partial charge in [-0.1, -0.05) is 0 Å². The summed E-state index contributed by atoms with van der Waals surface area (Å²) in [6.07, 6.45) is 1.74. The van der Waals surface area contributed by atoms with Crippen LogP contribution in [0, 0.1) is 13.8 Å². The third-order valence-corrected chi connectivity index (χ3v) is 5.96. The van der Waals surface area contributed by atoms with Gasteiger partial charge in [-0.3, -0.25) is 19.3 Å². The van der Waals surface area contributed by atoms with Gasteiger partial charge < -0.3 is 14.6 Å². The third-order valence-electron chi connectivity index (χ3n) is 5.05. The van der Waals surface area contributed by atoms with Crippen LogP contribution in [-0.2, 0) is 15.1 Å². The zero-order chi connectivity index (χ0) is 23.6. The summed E-state index contributed by atoms with van der Waals surface area (Å²) >= 11 is 0.856. The number of amides is 3. The summed E-state index contributed by atoms with van der Waals surface area (Å²) in [5.74, 6) is -0.196. The van der Waals surface area contributed by atoms with E-state index in [1.165, 1.54) is 0 Å². The zero-order valence-corrected chi connectivity index (χ0v) is 20.1. The molecule has 0 atom stereocenters. The number of carbonyl (C=O) groups excluding carboxylic acids is 3. The molecule has 170 valence electrons. The summed E-state index contributed by atoms with van der Waals surface area (Å²) < 4.78 is 7.58. The molecule has 0 unspecified atom stereocenters. The first kappa shape index (κ1) is 23.7. The molecule has 3 rings (SSSR count). The number of hydrogen-bond acceptors (Lipinski definition) is 5. The molecular weight excluding hydrogens is 426 g/mol. The second kappa shape index (κ2) is 9.24. The molecular formula is C24H29N3O4S. The van der Waals surface area contributed by atoms with Crippen molar-refractivity contribution in [2.24, 2.45) is 0 Å². The standard InChI is InChI=1S/C24H29N3O4S/c1-7-31-19-10-8-18(9-11-19)25-21(28)14-26-22(29)20(32-23(26)30)13-17-12-15(2)27(16(17)3)24(4,5)6/h8-13H,7,14H2,1-6H3,(H,25,28)/b20-13+. The lowest BCUT2D eigenvalue weighted by Gasteiger charge is -2.25.